The summed E-state index contributed by atoms with van der Waals surface area (Å²) in [5.41, 5.74) is 0.0457. The molecular weight excluding hydrogens is 299 g/mol. The second-order valence-corrected chi connectivity index (χ2v) is 5.92. The number of aromatic amines is 1. The molecule has 0 atom stereocenters. The van der Waals surface area contributed by atoms with Crippen molar-refractivity contribution in [1.29, 1.82) is 0 Å². The number of hydrogen-bond acceptors (Lipinski definition) is 3. The molecule has 1 aliphatic carbocycles. The maximum atomic E-state index is 13.9. The Balaban J connectivity index is 1.90. The molecular formula is C16H15FN4O2. The number of imidazole rings is 1. The number of nitrogens with zero attached hydrogens (tertiary/aromatic N) is 3. The van der Waals surface area contributed by atoms with Gasteiger partial charge in [0.2, 0.25) is 0 Å². The topological polar surface area (TPSA) is 72.7 Å². The van der Waals surface area contributed by atoms with Crippen LogP contribution in [0.15, 0.2) is 40.2 Å². The number of aromatic nitrogens is 4. The Morgan fingerprint density at radius 1 is 1.22 bits per heavy atom. The van der Waals surface area contributed by atoms with Crippen LogP contribution in [0.1, 0.15) is 18.4 Å². The van der Waals surface area contributed by atoms with E-state index in [4.69, 9.17) is 0 Å². The predicted octanol–water partition coefficient (Wildman–Crippen LogP) is 1.48. The van der Waals surface area contributed by atoms with Crippen LogP contribution in [0.4, 0.5) is 4.39 Å². The number of fused-ring (bicyclic) bond motifs is 1. The minimum absolute atomic E-state index is 0.0933. The summed E-state index contributed by atoms with van der Waals surface area (Å²) in [4.78, 5) is 32.2. The van der Waals surface area contributed by atoms with E-state index in [0.717, 1.165) is 17.4 Å². The van der Waals surface area contributed by atoms with Crippen LogP contribution in [-0.2, 0) is 13.1 Å². The highest BCUT2D eigenvalue weighted by atomic mass is 19.1. The zero-order chi connectivity index (χ0) is 16.0. The van der Waals surface area contributed by atoms with Crippen molar-refractivity contribution in [1.82, 2.24) is 19.1 Å². The number of hydrogen-bond donors (Lipinski definition) is 1. The van der Waals surface area contributed by atoms with Gasteiger partial charge in [-0.3, -0.25) is 13.9 Å². The van der Waals surface area contributed by atoms with Crippen LogP contribution < -0.4 is 11.2 Å². The van der Waals surface area contributed by atoms with Crippen molar-refractivity contribution in [2.24, 2.45) is 5.92 Å². The van der Waals surface area contributed by atoms with Gasteiger partial charge in [-0.05, 0) is 24.8 Å². The van der Waals surface area contributed by atoms with Crippen LogP contribution in [0.2, 0.25) is 0 Å². The van der Waals surface area contributed by atoms with Gasteiger partial charge in [-0.15, -0.1) is 0 Å². The minimum Gasteiger partial charge on any atom is -0.339 e. The molecule has 1 fully saturated rings. The molecule has 4 rings (SSSR count). The standard InChI is InChI=1S/C16H15FN4O2/c17-12-4-2-1-3-11(12)8-21-15(22)13-14(19-9-18-13)20(16(21)23)7-10-5-6-10/h1-4,9-10H,5-8H2,(H,18,19). The summed E-state index contributed by atoms with van der Waals surface area (Å²) in [6, 6.07) is 6.15. The molecule has 23 heavy (non-hydrogen) atoms. The summed E-state index contributed by atoms with van der Waals surface area (Å²) in [5.74, 6) is 0.0178. The lowest BCUT2D eigenvalue weighted by atomic mass is 10.2. The SMILES string of the molecule is O=c1c2[nH]cnc2n(CC2CC2)c(=O)n1Cc1ccccc1F. The molecule has 118 valence electrons. The second-order valence-electron chi connectivity index (χ2n) is 5.92. The fourth-order valence-electron chi connectivity index (χ4n) is 2.77. The van der Waals surface area contributed by atoms with Crippen molar-refractivity contribution in [2.45, 2.75) is 25.9 Å². The molecule has 0 saturated heterocycles. The van der Waals surface area contributed by atoms with Crippen molar-refractivity contribution in [3.63, 3.8) is 0 Å². The number of nitrogens with one attached hydrogen (secondary N) is 1. The van der Waals surface area contributed by atoms with Crippen molar-refractivity contribution >= 4 is 11.2 Å². The Hall–Kier alpha value is -2.70. The zero-order valence-corrected chi connectivity index (χ0v) is 12.3. The summed E-state index contributed by atoms with van der Waals surface area (Å²) in [6.45, 7) is 0.446. The van der Waals surface area contributed by atoms with E-state index in [1.165, 1.54) is 17.0 Å². The third-order valence-corrected chi connectivity index (χ3v) is 4.22. The Bertz CT molecular complexity index is 997. The number of benzene rings is 1. The largest absolute Gasteiger partial charge is 0.339 e. The van der Waals surface area contributed by atoms with E-state index in [1.54, 1.807) is 18.2 Å². The Morgan fingerprint density at radius 2 is 2.00 bits per heavy atom. The number of halogens is 1. The Morgan fingerprint density at radius 3 is 2.74 bits per heavy atom. The average molecular weight is 314 g/mol. The summed E-state index contributed by atoms with van der Waals surface area (Å²) in [5, 5.41) is 0. The van der Waals surface area contributed by atoms with Gasteiger partial charge in [0, 0.05) is 12.1 Å². The molecule has 1 aliphatic rings. The van der Waals surface area contributed by atoms with Gasteiger partial charge in [0.05, 0.1) is 12.9 Å². The first-order valence-corrected chi connectivity index (χ1v) is 7.55. The molecule has 1 aromatic carbocycles. The van der Waals surface area contributed by atoms with E-state index in [2.05, 4.69) is 9.97 Å². The molecule has 0 radical (unpaired) electrons. The van der Waals surface area contributed by atoms with Gasteiger partial charge in [-0.1, -0.05) is 18.2 Å². The molecule has 3 aromatic rings. The summed E-state index contributed by atoms with van der Waals surface area (Å²) in [7, 11) is 0. The van der Waals surface area contributed by atoms with Crippen LogP contribution >= 0.6 is 0 Å². The molecule has 0 aliphatic heterocycles. The van der Waals surface area contributed by atoms with E-state index in [9.17, 15) is 14.0 Å². The molecule has 0 unspecified atom stereocenters. The number of rotatable bonds is 4. The van der Waals surface area contributed by atoms with E-state index in [-0.39, 0.29) is 12.1 Å². The molecule has 0 spiro atoms. The van der Waals surface area contributed by atoms with E-state index < -0.39 is 17.1 Å². The first-order chi connectivity index (χ1) is 11.1. The normalized spacial score (nSPS) is 14.5. The second kappa shape index (κ2) is 5.19. The predicted molar refractivity (Wildman–Crippen MR) is 82.8 cm³/mol. The molecule has 2 heterocycles. The van der Waals surface area contributed by atoms with Crippen LogP contribution in [0.3, 0.4) is 0 Å². The lowest BCUT2D eigenvalue weighted by molar-refractivity contribution is 0.548. The van der Waals surface area contributed by atoms with Gasteiger partial charge < -0.3 is 4.98 Å². The van der Waals surface area contributed by atoms with Crippen LogP contribution in [0.5, 0.6) is 0 Å². The molecule has 6 nitrogen and oxygen atoms in total. The highest BCUT2D eigenvalue weighted by molar-refractivity contribution is 5.68. The Labute approximate surface area is 130 Å². The van der Waals surface area contributed by atoms with Gasteiger partial charge in [0.1, 0.15) is 11.3 Å². The molecule has 1 saturated carbocycles. The van der Waals surface area contributed by atoms with Gasteiger partial charge in [0.15, 0.2) is 5.65 Å². The minimum atomic E-state index is -0.474. The van der Waals surface area contributed by atoms with Crippen molar-refractivity contribution < 1.29 is 4.39 Å². The third-order valence-electron chi connectivity index (χ3n) is 4.22. The zero-order valence-electron chi connectivity index (χ0n) is 12.3. The maximum absolute atomic E-state index is 13.9. The van der Waals surface area contributed by atoms with Crippen molar-refractivity contribution in [2.75, 3.05) is 0 Å². The average Bonchev–Trinajstić information content (AvgIpc) is 3.23. The van der Waals surface area contributed by atoms with E-state index in [1.807, 2.05) is 0 Å². The maximum Gasteiger partial charge on any atom is 0.333 e. The van der Waals surface area contributed by atoms with Gasteiger partial charge in [-0.2, -0.15) is 0 Å². The number of H-pyrrole nitrogens is 1. The fourth-order valence-corrected chi connectivity index (χ4v) is 2.77. The highest BCUT2D eigenvalue weighted by Crippen LogP contribution is 2.30. The third kappa shape index (κ3) is 2.38. The van der Waals surface area contributed by atoms with E-state index >= 15 is 0 Å². The quantitative estimate of drug-likeness (QED) is 0.793. The summed E-state index contributed by atoms with van der Waals surface area (Å²) >= 11 is 0. The van der Waals surface area contributed by atoms with Gasteiger partial charge in [0.25, 0.3) is 5.56 Å². The molecule has 7 heteroatoms. The molecule has 0 amide bonds. The first kappa shape index (κ1) is 13.9. The Kier molecular flexibility index (Phi) is 3.14. The lowest BCUT2D eigenvalue weighted by Gasteiger charge is -2.11. The highest BCUT2D eigenvalue weighted by Gasteiger charge is 2.25. The van der Waals surface area contributed by atoms with E-state index in [0.29, 0.717) is 23.7 Å². The van der Waals surface area contributed by atoms with Crippen LogP contribution in [0.25, 0.3) is 11.2 Å². The smallest absolute Gasteiger partial charge is 0.333 e. The van der Waals surface area contributed by atoms with Gasteiger partial charge in [-0.25, -0.2) is 14.2 Å². The van der Waals surface area contributed by atoms with Crippen LogP contribution in [-0.4, -0.2) is 19.1 Å². The monoisotopic (exact) mass is 314 g/mol. The van der Waals surface area contributed by atoms with Crippen molar-refractivity contribution in [3.8, 4) is 0 Å². The molecule has 2 aromatic heterocycles. The van der Waals surface area contributed by atoms with Crippen LogP contribution in [0, 0.1) is 11.7 Å². The summed E-state index contributed by atoms with van der Waals surface area (Å²) in [6.07, 6.45) is 3.55. The van der Waals surface area contributed by atoms with Gasteiger partial charge >= 0.3 is 5.69 Å². The fraction of sp³-hybridized carbons (Fsp3) is 0.312. The summed E-state index contributed by atoms with van der Waals surface area (Å²) < 4.78 is 16.5. The molecule has 0 bridgehead atoms. The molecule has 1 N–H and O–H groups in total. The lowest BCUT2D eigenvalue weighted by Crippen LogP contribution is -2.40. The van der Waals surface area contributed by atoms with Crippen molar-refractivity contribution in [3.05, 3.63) is 62.8 Å². The first-order valence-electron chi connectivity index (χ1n) is 7.55.